The smallest absolute Gasteiger partial charge is 0.269 e. The van der Waals surface area contributed by atoms with Gasteiger partial charge < -0.3 is 10.2 Å². The normalized spacial score (nSPS) is 14.2. The molecule has 6 nitrogen and oxygen atoms in total. The van der Waals surface area contributed by atoms with E-state index in [0.29, 0.717) is 6.54 Å². The topological polar surface area (TPSA) is 70.8 Å². The van der Waals surface area contributed by atoms with Crippen LogP contribution in [0.15, 0.2) is 53.5 Å². The Labute approximate surface area is 141 Å². The quantitative estimate of drug-likeness (QED) is 0.408. The summed E-state index contributed by atoms with van der Waals surface area (Å²) in [5, 5.41) is 14.0. The van der Waals surface area contributed by atoms with Gasteiger partial charge in [-0.05, 0) is 23.1 Å². The van der Waals surface area contributed by atoms with Crippen molar-refractivity contribution in [3.05, 3.63) is 75.3 Å². The van der Waals surface area contributed by atoms with Gasteiger partial charge in [0.15, 0.2) is 5.96 Å². The van der Waals surface area contributed by atoms with E-state index in [-0.39, 0.29) is 10.6 Å². The van der Waals surface area contributed by atoms with Crippen molar-refractivity contribution in [3.8, 4) is 0 Å². The van der Waals surface area contributed by atoms with Gasteiger partial charge in [-0.15, -0.1) is 0 Å². The Hall–Kier alpha value is -2.89. The first-order valence-electron chi connectivity index (χ1n) is 7.93. The summed E-state index contributed by atoms with van der Waals surface area (Å²) < 4.78 is 0. The molecule has 124 valence electrons. The highest BCUT2D eigenvalue weighted by Gasteiger charge is 2.18. The molecule has 2 aromatic carbocycles. The number of non-ortho nitro benzene ring substituents is 1. The Kier molecular flexibility index (Phi) is 4.74. The molecule has 3 rings (SSSR count). The molecule has 0 bridgehead atoms. The molecule has 0 aliphatic carbocycles. The summed E-state index contributed by atoms with van der Waals surface area (Å²) in [6.07, 6.45) is 1.01. The molecule has 0 fully saturated rings. The van der Waals surface area contributed by atoms with Gasteiger partial charge in [-0.1, -0.05) is 36.4 Å². The van der Waals surface area contributed by atoms with Gasteiger partial charge in [0.25, 0.3) is 5.69 Å². The average molecular weight is 324 g/mol. The summed E-state index contributed by atoms with van der Waals surface area (Å²) in [5.74, 6) is 0.850. The van der Waals surface area contributed by atoms with E-state index in [1.807, 2.05) is 0 Å². The lowest BCUT2D eigenvalue weighted by atomic mass is 10.0. The predicted octanol–water partition coefficient (Wildman–Crippen LogP) is 2.73. The molecule has 0 amide bonds. The van der Waals surface area contributed by atoms with Crippen LogP contribution >= 0.6 is 0 Å². The van der Waals surface area contributed by atoms with Crippen LogP contribution in [-0.2, 0) is 19.5 Å². The van der Waals surface area contributed by atoms with E-state index in [9.17, 15) is 10.1 Å². The van der Waals surface area contributed by atoms with E-state index in [2.05, 4.69) is 39.5 Å². The number of nitro benzene ring substituents is 1. The molecule has 24 heavy (non-hydrogen) atoms. The summed E-state index contributed by atoms with van der Waals surface area (Å²) in [7, 11) is 1.78. The number of hydrogen-bond donors (Lipinski definition) is 1. The van der Waals surface area contributed by atoms with Crippen molar-refractivity contribution < 1.29 is 4.92 Å². The number of nitrogens with one attached hydrogen (secondary N) is 1. The zero-order chi connectivity index (χ0) is 16.9. The maximum absolute atomic E-state index is 10.7. The number of benzene rings is 2. The second-order valence-electron chi connectivity index (χ2n) is 5.76. The lowest BCUT2D eigenvalue weighted by Crippen LogP contribution is -2.43. The van der Waals surface area contributed by atoms with Crippen LogP contribution in [0.1, 0.15) is 16.7 Å². The van der Waals surface area contributed by atoms with Gasteiger partial charge >= 0.3 is 0 Å². The minimum atomic E-state index is -0.388. The number of aliphatic imine (C=N–C) groups is 1. The molecule has 2 aromatic rings. The maximum Gasteiger partial charge on any atom is 0.269 e. The number of guanidine groups is 1. The zero-order valence-corrected chi connectivity index (χ0v) is 13.6. The second kappa shape index (κ2) is 7.12. The lowest BCUT2D eigenvalue weighted by Gasteiger charge is -2.31. The summed E-state index contributed by atoms with van der Waals surface area (Å²) in [4.78, 5) is 16.9. The molecule has 0 saturated carbocycles. The average Bonchev–Trinajstić information content (AvgIpc) is 2.62. The Morgan fingerprint density at radius 2 is 1.92 bits per heavy atom. The van der Waals surface area contributed by atoms with Gasteiger partial charge in [-0.25, -0.2) is 0 Å². The first kappa shape index (κ1) is 16.0. The number of nitrogens with zero attached hydrogens (tertiary/aromatic N) is 3. The molecule has 0 aromatic heterocycles. The number of fused-ring (bicyclic) bond motifs is 1. The standard InChI is InChI=1S/C18H20N4O2/c1-19-18(20-12-14-6-8-17(9-7-14)22(23)24)21-11-10-15-4-2-3-5-16(15)13-21/h2-9H,10-13H2,1H3,(H,19,20). The van der Waals surface area contributed by atoms with Crippen molar-refractivity contribution in [1.82, 2.24) is 10.2 Å². The highest BCUT2D eigenvalue weighted by atomic mass is 16.6. The molecular weight excluding hydrogens is 304 g/mol. The molecule has 1 aliphatic rings. The third-order valence-corrected chi connectivity index (χ3v) is 4.24. The third-order valence-electron chi connectivity index (χ3n) is 4.24. The van der Waals surface area contributed by atoms with Crippen LogP contribution in [0.5, 0.6) is 0 Å². The SMILES string of the molecule is CN=C(NCc1ccc([N+](=O)[O-])cc1)N1CCc2ccccc2C1. The van der Waals surface area contributed by atoms with Crippen molar-refractivity contribution >= 4 is 11.6 Å². The van der Waals surface area contributed by atoms with Gasteiger partial charge in [0.05, 0.1) is 4.92 Å². The Morgan fingerprint density at radius 3 is 2.58 bits per heavy atom. The predicted molar refractivity (Wildman–Crippen MR) is 93.9 cm³/mol. The van der Waals surface area contributed by atoms with Crippen LogP contribution in [0.4, 0.5) is 5.69 Å². The van der Waals surface area contributed by atoms with Crippen molar-refractivity contribution in [3.63, 3.8) is 0 Å². The van der Waals surface area contributed by atoms with E-state index in [1.165, 1.54) is 23.3 Å². The van der Waals surface area contributed by atoms with Gasteiger partial charge in [0.2, 0.25) is 0 Å². The van der Waals surface area contributed by atoms with Crippen LogP contribution in [0.3, 0.4) is 0 Å². The number of rotatable bonds is 3. The van der Waals surface area contributed by atoms with Gasteiger partial charge in [0, 0.05) is 38.8 Å². The number of hydrogen-bond acceptors (Lipinski definition) is 3. The minimum Gasteiger partial charge on any atom is -0.352 e. The molecule has 0 saturated heterocycles. The largest absolute Gasteiger partial charge is 0.352 e. The van der Waals surface area contributed by atoms with Gasteiger partial charge in [-0.2, -0.15) is 0 Å². The third kappa shape index (κ3) is 3.53. The van der Waals surface area contributed by atoms with E-state index < -0.39 is 0 Å². The fourth-order valence-electron chi connectivity index (χ4n) is 2.93. The highest BCUT2D eigenvalue weighted by molar-refractivity contribution is 5.80. The molecule has 0 atom stereocenters. The summed E-state index contributed by atoms with van der Waals surface area (Å²) in [6.45, 7) is 2.36. The van der Waals surface area contributed by atoms with E-state index >= 15 is 0 Å². The summed E-state index contributed by atoms with van der Waals surface area (Å²) >= 11 is 0. The highest BCUT2D eigenvalue weighted by Crippen LogP contribution is 2.18. The molecule has 0 unspecified atom stereocenters. The molecule has 6 heteroatoms. The van der Waals surface area contributed by atoms with E-state index in [1.54, 1.807) is 19.2 Å². The fraction of sp³-hybridized carbons (Fsp3) is 0.278. The van der Waals surface area contributed by atoms with Crippen LogP contribution in [0.25, 0.3) is 0 Å². The van der Waals surface area contributed by atoms with Crippen LogP contribution in [-0.4, -0.2) is 29.4 Å². The summed E-state index contributed by atoms with van der Waals surface area (Å²) in [5.41, 5.74) is 3.83. The van der Waals surface area contributed by atoms with E-state index in [4.69, 9.17) is 0 Å². The zero-order valence-electron chi connectivity index (χ0n) is 13.6. The van der Waals surface area contributed by atoms with Gasteiger partial charge in [0.1, 0.15) is 0 Å². The van der Waals surface area contributed by atoms with Crippen LogP contribution in [0, 0.1) is 10.1 Å². The van der Waals surface area contributed by atoms with Crippen molar-refractivity contribution in [2.75, 3.05) is 13.6 Å². The maximum atomic E-state index is 10.7. The van der Waals surface area contributed by atoms with E-state index in [0.717, 1.165) is 31.0 Å². The van der Waals surface area contributed by atoms with Crippen molar-refractivity contribution in [2.24, 2.45) is 4.99 Å². The van der Waals surface area contributed by atoms with Crippen molar-refractivity contribution in [2.45, 2.75) is 19.5 Å². The van der Waals surface area contributed by atoms with Crippen LogP contribution in [0.2, 0.25) is 0 Å². The first-order valence-corrected chi connectivity index (χ1v) is 7.93. The lowest BCUT2D eigenvalue weighted by molar-refractivity contribution is -0.384. The molecular formula is C18H20N4O2. The molecule has 1 N–H and O–H groups in total. The molecule has 1 aliphatic heterocycles. The number of nitro groups is 1. The first-order chi connectivity index (χ1) is 11.7. The second-order valence-corrected chi connectivity index (χ2v) is 5.76. The van der Waals surface area contributed by atoms with Crippen molar-refractivity contribution in [1.29, 1.82) is 0 Å². The molecule has 0 radical (unpaired) electrons. The van der Waals surface area contributed by atoms with Gasteiger partial charge in [-0.3, -0.25) is 15.1 Å². The Balaban J connectivity index is 1.62. The Morgan fingerprint density at radius 1 is 1.21 bits per heavy atom. The fourth-order valence-corrected chi connectivity index (χ4v) is 2.93. The summed E-state index contributed by atoms with van der Waals surface area (Å²) in [6, 6.07) is 15.1. The minimum absolute atomic E-state index is 0.107. The Bertz CT molecular complexity index is 756. The monoisotopic (exact) mass is 324 g/mol. The van der Waals surface area contributed by atoms with Crippen LogP contribution < -0.4 is 5.32 Å². The molecule has 1 heterocycles. The molecule has 0 spiro atoms.